The van der Waals surface area contributed by atoms with Gasteiger partial charge in [0.1, 0.15) is 6.29 Å². The summed E-state index contributed by atoms with van der Waals surface area (Å²) in [6, 6.07) is 8.40. The first-order valence-corrected chi connectivity index (χ1v) is 4.63. The summed E-state index contributed by atoms with van der Waals surface area (Å²) < 4.78 is 0. The number of rotatable bonds is 2. The maximum absolute atomic E-state index is 10.6. The molecule has 13 heavy (non-hydrogen) atoms. The summed E-state index contributed by atoms with van der Waals surface area (Å²) in [6.45, 7) is 3.32. The van der Waals surface area contributed by atoms with Gasteiger partial charge in [0, 0.05) is 23.8 Å². The molecule has 0 N–H and O–H groups in total. The first kappa shape index (κ1) is 8.30. The van der Waals surface area contributed by atoms with Gasteiger partial charge >= 0.3 is 0 Å². The summed E-state index contributed by atoms with van der Waals surface area (Å²) in [4.78, 5) is 12.9. The van der Waals surface area contributed by atoms with Gasteiger partial charge in [-0.3, -0.25) is 4.79 Å². The van der Waals surface area contributed by atoms with Crippen molar-refractivity contribution in [3.05, 3.63) is 29.8 Å². The molecule has 1 aromatic carbocycles. The van der Waals surface area contributed by atoms with Crippen LogP contribution in [0.25, 0.3) is 0 Å². The van der Waals surface area contributed by atoms with Crippen LogP contribution in [0.4, 0.5) is 5.69 Å². The van der Waals surface area contributed by atoms with Gasteiger partial charge in [-0.15, -0.1) is 0 Å². The molecule has 1 saturated heterocycles. The number of carbonyl (C=O) groups is 1. The van der Waals surface area contributed by atoms with Gasteiger partial charge in [0.25, 0.3) is 0 Å². The Kier molecular flexibility index (Phi) is 2.05. The Bertz CT molecular complexity index is 322. The van der Waals surface area contributed by atoms with E-state index in [1.807, 2.05) is 18.2 Å². The summed E-state index contributed by atoms with van der Waals surface area (Å²) in [7, 11) is 0. The summed E-state index contributed by atoms with van der Waals surface area (Å²) >= 11 is 0. The molecule has 2 heteroatoms. The second kappa shape index (κ2) is 3.21. The molecule has 2 rings (SSSR count). The van der Waals surface area contributed by atoms with Gasteiger partial charge in [-0.1, -0.05) is 12.1 Å². The van der Waals surface area contributed by atoms with Crippen LogP contribution in [0.1, 0.15) is 23.7 Å². The number of hydrogen-bond donors (Lipinski definition) is 0. The normalized spacial score (nSPS) is 21.0. The van der Waals surface area contributed by atoms with Crippen LogP contribution >= 0.6 is 0 Å². The van der Waals surface area contributed by atoms with E-state index in [-0.39, 0.29) is 0 Å². The van der Waals surface area contributed by atoms with Crippen molar-refractivity contribution in [3.8, 4) is 0 Å². The first-order valence-electron chi connectivity index (χ1n) is 4.63. The van der Waals surface area contributed by atoms with Crippen molar-refractivity contribution < 1.29 is 4.79 Å². The summed E-state index contributed by atoms with van der Waals surface area (Å²) in [5.41, 5.74) is 1.93. The predicted octanol–water partition coefficient (Wildman–Crippen LogP) is 2.10. The van der Waals surface area contributed by atoms with E-state index in [9.17, 15) is 4.79 Å². The minimum atomic E-state index is 0.627. The summed E-state index contributed by atoms with van der Waals surface area (Å²) in [5.74, 6) is 0. The summed E-state index contributed by atoms with van der Waals surface area (Å²) in [5, 5.41) is 0. The molecule has 0 bridgehead atoms. The van der Waals surface area contributed by atoms with E-state index in [0.717, 1.165) is 18.4 Å². The van der Waals surface area contributed by atoms with Crippen molar-refractivity contribution in [1.82, 2.24) is 0 Å². The van der Waals surface area contributed by atoms with Crippen LogP contribution in [-0.4, -0.2) is 18.9 Å². The van der Waals surface area contributed by atoms with Gasteiger partial charge in [0.15, 0.2) is 0 Å². The van der Waals surface area contributed by atoms with Crippen molar-refractivity contribution >= 4 is 12.0 Å². The maximum atomic E-state index is 10.6. The van der Waals surface area contributed by atoms with Gasteiger partial charge in [-0.2, -0.15) is 0 Å². The molecule has 1 atom stereocenters. The SMILES string of the molecule is CC1CCN1c1cccc(C=O)c1. The van der Waals surface area contributed by atoms with E-state index in [2.05, 4.69) is 17.9 Å². The fourth-order valence-corrected chi connectivity index (χ4v) is 1.68. The van der Waals surface area contributed by atoms with Gasteiger partial charge in [0.2, 0.25) is 0 Å². The van der Waals surface area contributed by atoms with E-state index < -0.39 is 0 Å². The van der Waals surface area contributed by atoms with Crippen molar-refractivity contribution in [2.75, 3.05) is 11.4 Å². The minimum Gasteiger partial charge on any atom is -0.369 e. The van der Waals surface area contributed by atoms with Crippen molar-refractivity contribution in [3.63, 3.8) is 0 Å². The topological polar surface area (TPSA) is 20.3 Å². The van der Waals surface area contributed by atoms with Crippen molar-refractivity contribution in [2.24, 2.45) is 0 Å². The predicted molar refractivity (Wildman–Crippen MR) is 53.3 cm³/mol. The molecule has 0 aliphatic carbocycles. The Balaban J connectivity index is 2.24. The Labute approximate surface area is 78.2 Å². The molecular formula is C11H13NO. The lowest BCUT2D eigenvalue weighted by Gasteiger charge is -2.40. The Morgan fingerprint density at radius 2 is 2.38 bits per heavy atom. The second-order valence-electron chi connectivity index (χ2n) is 3.54. The van der Waals surface area contributed by atoms with E-state index >= 15 is 0 Å². The largest absolute Gasteiger partial charge is 0.369 e. The second-order valence-corrected chi connectivity index (χ2v) is 3.54. The van der Waals surface area contributed by atoms with Crippen LogP contribution in [0.2, 0.25) is 0 Å². The highest BCUT2D eigenvalue weighted by atomic mass is 16.1. The molecule has 1 aromatic rings. The number of anilines is 1. The number of aldehydes is 1. The van der Waals surface area contributed by atoms with Gasteiger partial charge < -0.3 is 4.90 Å². The zero-order valence-electron chi connectivity index (χ0n) is 7.73. The lowest BCUT2D eigenvalue weighted by atomic mass is 10.0. The van der Waals surface area contributed by atoms with Gasteiger partial charge in [-0.25, -0.2) is 0 Å². The fraction of sp³-hybridized carbons (Fsp3) is 0.364. The molecule has 0 spiro atoms. The van der Waals surface area contributed by atoms with Gasteiger partial charge in [-0.05, 0) is 25.5 Å². The van der Waals surface area contributed by atoms with Crippen LogP contribution in [0.5, 0.6) is 0 Å². The lowest BCUT2D eigenvalue weighted by molar-refractivity contribution is 0.112. The van der Waals surface area contributed by atoms with E-state index in [1.54, 1.807) is 0 Å². The highest BCUT2D eigenvalue weighted by Crippen LogP contribution is 2.26. The number of nitrogens with zero attached hydrogens (tertiary/aromatic N) is 1. The summed E-state index contributed by atoms with van der Waals surface area (Å²) in [6.07, 6.45) is 2.15. The van der Waals surface area contributed by atoms with E-state index in [0.29, 0.717) is 6.04 Å². The molecule has 1 aliphatic heterocycles. The average molecular weight is 175 g/mol. The number of hydrogen-bond acceptors (Lipinski definition) is 2. The molecule has 1 fully saturated rings. The van der Waals surface area contributed by atoms with Crippen molar-refractivity contribution in [2.45, 2.75) is 19.4 Å². The lowest BCUT2D eigenvalue weighted by Crippen LogP contribution is -2.45. The van der Waals surface area contributed by atoms with E-state index in [1.165, 1.54) is 12.1 Å². The molecule has 2 nitrogen and oxygen atoms in total. The number of carbonyl (C=O) groups excluding carboxylic acids is 1. The smallest absolute Gasteiger partial charge is 0.150 e. The standard InChI is InChI=1S/C11H13NO/c1-9-5-6-12(9)11-4-2-3-10(7-11)8-13/h2-4,7-9H,5-6H2,1H3. The van der Waals surface area contributed by atoms with Crippen LogP contribution in [0, 0.1) is 0 Å². The average Bonchev–Trinajstić information content (AvgIpc) is 2.16. The fourth-order valence-electron chi connectivity index (χ4n) is 1.68. The molecule has 0 aromatic heterocycles. The third-order valence-corrected chi connectivity index (χ3v) is 2.66. The first-order chi connectivity index (χ1) is 6.31. The molecule has 0 radical (unpaired) electrons. The molecule has 0 amide bonds. The van der Waals surface area contributed by atoms with Crippen LogP contribution in [-0.2, 0) is 0 Å². The third kappa shape index (κ3) is 1.44. The molecule has 0 saturated carbocycles. The Hall–Kier alpha value is -1.31. The third-order valence-electron chi connectivity index (χ3n) is 2.66. The molecule has 1 heterocycles. The van der Waals surface area contributed by atoms with E-state index in [4.69, 9.17) is 0 Å². The van der Waals surface area contributed by atoms with Crippen molar-refractivity contribution in [1.29, 1.82) is 0 Å². The van der Waals surface area contributed by atoms with Gasteiger partial charge in [0.05, 0.1) is 0 Å². The van der Waals surface area contributed by atoms with Crippen LogP contribution in [0.3, 0.4) is 0 Å². The molecule has 1 unspecified atom stereocenters. The van der Waals surface area contributed by atoms with Crippen LogP contribution < -0.4 is 4.90 Å². The Morgan fingerprint density at radius 3 is 2.92 bits per heavy atom. The number of benzene rings is 1. The Morgan fingerprint density at radius 1 is 1.54 bits per heavy atom. The zero-order chi connectivity index (χ0) is 9.26. The highest BCUT2D eigenvalue weighted by Gasteiger charge is 2.23. The molecule has 68 valence electrons. The maximum Gasteiger partial charge on any atom is 0.150 e. The monoisotopic (exact) mass is 175 g/mol. The zero-order valence-corrected chi connectivity index (χ0v) is 7.73. The quantitative estimate of drug-likeness (QED) is 0.641. The highest BCUT2D eigenvalue weighted by molar-refractivity contribution is 5.77. The molecular weight excluding hydrogens is 162 g/mol. The molecule has 1 aliphatic rings. The minimum absolute atomic E-state index is 0.627. The van der Waals surface area contributed by atoms with Crippen LogP contribution in [0.15, 0.2) is 24.3 Å².